The number of likely N-dealkylation sites (tertiary alicyclic amines) is 1. The van der Waals surface area contributed by atoms with E-state index in [2.05, 4.69) is 25.8 Å². The minimum absolute atomic E-state index is 0.0390. The number of aliphatic hydroxyl groups is 1. The molecular weight excluding hydrogens is 254 g/mol. The van der Waals surface area contributed by atoms with Gasteiger partial charge in [-0.05, 0) is 44.3 Å². The number of rotatable bonds is 2. The van der Waals surface area contributed by atoms with Gasteiger partial charge in [-0.1, -0.05) is 13.8 Å². The molecule has 0 aromatic carbocycles. The van der Waals surface area contributed by atoms with Gasteiger partial charge in [0.2, 0.25) is 0 Å². The molecular formula is C16H25NO3. The predicted octanol–water partition coefficient (Wildman–Crippen LogP) is 2.83. The van der Waals surface area contributed by atoms with E-state index in [1.807, 2.05) is 6.08 Å². The van der Waals surface area contributed by atoms with Crippen molar-refractivity contribution in [1.82, 2.24) is 4.90 Å². The topological polar surface area (TPSA) is 41.9 Å². The van der Waals surface area contributed by atoms with Crippen LogP contribution in [-0.4, -0.2) is 43.4 Å². The van der Waals surface area contributed by atoms with Crippen LogP contribution in [0.25, 0.3) is 0 Å². The van der Waals surface area contributed by atoms with E-state index in [-0.39, 0.29) is 22.1 Å². The molecule has 2 aliphatic carbocycles. The fraction of sp³-hybridized carbons (Fsp3) is 0.750. The Kier molecular flexibility index (Phi) is 2.72. The summed E-state index contributed by atoms with van der Waals surface area (Å²) in [4.78, 5) is 2.40. The van der Waals surface area contributed by atoms with Crippen molar-refractivity contribution in [3.05, 3.63) is 23.4 Å². The molecule has 3 aliphatic rings. The summed E-state index contributed by atoms with van der Waals surface area (Å²) in [5, 5.41) is 10.4. The molecule has 1 saturated heterocycles. The second kappa shape index (κ2) is 3.94. The van der Waals surface area contributed by atoms with E-state index in [1.54, 1.807) is 14.2 Å². The van der Waals surface area contributed by atoms with Gasteiger partial charge in [0.15, 0.2) is 17.3 Å². The van der Waals surface area contributed by atoms with Gasteiger partial charge in [0, 0.05) is 5.41 Å². The Labute approximate surface area is 121 Å². The normalized spacial score (nSPS) is 39.4. The summed E-state index contributed by atoms with van der Waals surface area (Å²) >= 11 is 0. The zero-order chi connectivity index (χ0) is 14.8. The van der Waals surface area contributed by atoms with Gasteiger partial charge in [0.05, 0.1) is 19.8 Å². The third-order valence-corrected chi connectivity index (χ3v) is 5.95. The highest BCUT2D eigenvalue weighted by atomic mass is 16.5. The van der Waals surface area contributed by atoms with Crippen LogP contribution in [0.15, 0.2) is 23.4 Å². The van der Waals surface area contributed by atoms with Crippen LogP contribution in [-0.2, 0) is 9.47 Å². The molecule has 1 heterocycles. The van der Waals surface area contributed by atoms with E-state index in [4.69, 9.17) is 9.47 Å². The van der Waals surface area contributed by atoms with Gasteiger partial charge in [-0.2, -0.15) is 0 Å². The first kappa shape index (κ1) is 13.8. The van der Waals surface area contributed by atoms with E-state index in [1.165, 1.54) is 0 Å². The van der Waals surface area contributed by atoms with Gasteiger partial charge in [-0.15, -0.1) is 0 Å². The molecule has 0 radical (unpaired) electrons. The molecule has 0 bridgehead atoms. The number of hydrogen-bond donors (Lipinski definition) is 1. The molecule has 2 atom stereocenters. The Morgan fingerprint density at radius 2 is 1.85 bits per heavy atom. The third kappa shape index (κ3) is 1.22. The lowest BCUT2D eigenvalue weighted by atomic mass is 9.60. The highest BCUT2D eigenvalue weighted by molar-refractivity contribution is 5.47. The van der Waals surface area contributed by atoms with E-state index in [9.17, 15) is 5.11 Å². The molecule has 1 aliphatic heterocycles. The van der Waals surface area contributed by atoms with Crippen molar-refractivity contribution >= 4 is 0 Å². The zero-order valence-corrected chi connectivity index (χ0v) is 13.1. The molecule has 20 heavy (non-hydrogen) atoms. The Hall–Kier alpha value is -1.16. The van der Waals surface area contributed by atoms with E-state index < -0.39 is 0 Å². The maximum Gasteiger partial charge on any atom is 0.200 e. The summed E-state index contributed by atoms with van der Waals surface area (Å²) in [6.45, 7) is 5.62. The molecule has 0 amide bonds. The van der Waals surface area contributed by atoms with Crippen molar-refractivity contribution in [1.29, 1.82) is 0 Å². The Balaban J connectivity index is 2.34. The van der Waals surface area contributed by atoms with Crippen LogP contribution in [0.5, 0.6) is 0 Å². The van der Waals surface area contributed by atoms with Crippen molar-refractivity contribution in [3.8, 4) is 0 Å². The molecule has 4 nitrogen and oxygen atoms in total. The second-order valence-corrected chi connectivity index (χ2v) is 7.02. The summed E-state index contributed by atoms with van der Waals surface area (Å²) in [5.74, 6) is 1.52. The second-order valence-electron chi connectivity index (χ2n) is 7.02. The number of hydrogen-bond acceptors (Lipinski definition) is 4. The standard InChI is InChI=1S/C16H25NO3/c1-14(2)6-7-15-8-9-17(3)16(14,15)13(20-5)12(19-4)11(18)10-15/h10,18H,6-9H2,1-5H3/t15-,16-/m0/s1. The first-order valence-electron chi connectivity index (χ1n) is 7.32. The van der Waals surface area contributed by atoms with Gasteiger partial charge < -0.3 is 14.6 Å². The monoisotopic (exact) mass is 279 g/mol. The van der Waals surface area contributed by atoms with Crippen molar-refractivity contribution in [2.24, 2.45) is 10.8 Å². The van der Waals surface area contributed by atoms with Crippen molar-refractivity contribution < 1.29 is 14.6 Å². The molecule has 112 valence electrons. The Morgan fingerprint density at radius 3 is 2.45 bits per heavy atom. The van der Waals surface area contributed by atoms with Crippen LogP contribution in [0.4, 0.5) is 0 Å². The number of aliphatic hydroxyl groups excluding tert-OH is 1. The highest BCUT2D eigenvalue weighted by Gasteiger charge is 2.72. The average molecular weight is 279 g/mol. The predicted molar refractivity (Wildman–Crippen MR) is 77.2 cm³/mol. The number of nitrogens with zero attached hydrogens (tertiary/aromatic N) is 1. The first-order chi connectivity index (χ1) is 9.36. The number of ether oxygens (including phenoxy) is 2. The fourth-order valence-electron chi connectivity index (χ4n) is 5.31. The van der Waals surface area contributed by atoms with E-state index in [0.717, 1.165) is 31.6 Å². The zero-order valence-electron chi connectivity index (χ0n) is 13.1. The smallest absolute Gasteiger partial charge is 0.200 e. The maximum absolute atomic E-state index is 10.4. The molecule has 2 fully saturated rings. The van der Waals surface area contributed by atoms with Gasteiger partial charge in [0.25, 0.3) is 0 Å². The summed E-state index contributed by atoms with van der Waals surface area (Å²) in [7, 11) is 5.45. The molecule has 0 spiro atoms. The lowest BCUT2D eigenvalue weighted by Gasteiger charge is -2.52. The van der Waals surface area contributed by atoms with Gasteiger partial charge >= 0.3 is 0 Å². The van der Waals surface area contributed by atoms with Crippen molar-refractivity contribution in [3.63, 3.8) is 0 Å². The van der Waals surface area contributed by atoms with Crippen molar-refractivity contribution in [2.45, 2.75) is 38.6 Å². The summed E-state index contributed by atoms with van der Waals surface area (Å²) in [6.07, 6.45) is 5.29. The van der Waals surface area contributed by atoms with Crippen LogP contribution >= 0.6 is 0 Å². The largest absolute Gasteiger partial charge is 0.504 e. The average Bonchev–Trinajstić information content (AvgIpc) is 2.82. The molecule has 0 aromatic heterocycles. The minimum Gasteiger partial charge on any atom is -0.504 e. The van der Waals surface area contributed by atoms with E-state index >= 15 is 0 Å². The molecule has 4 heteroatoms. The SMILES string of the molecule is COC1=C(OC)[C@@]23N(C)CC[C@]2(C=C1O)CCC3(C)C. The lowest BCUT2D eigenvalue weighted by molar-refractivity contribution is -0.0129. The molecule has 3 rings (SSSR count). The molecule has 0 aromatic rings. The third-order valence-electron chi connectivity index (χ3n) is 5.95. The van der Waals surface area contributed by atoms with Gasteiger partial charge in [-0.3, -0.25) is 4.90 Å². The number of methoxy groups -OCH3 is 2. The quantitative estimate of drug-likeness (QED) is 0.844. The van der Waals surface area contributed by atoms with Crippen LogP contribution in [0.3, 0.4) is 0 Å². The first-order valence-corrected chi connectivity index (χ1v) is 7.32. The van der Waals surface area contributed by atoms with Crippen LogP contribution in [0.1, 0.15) is 33.1 Å². The van der Waals surface area contributed by atoms with Gasteiger partial charge in [-0.25, -0.2) is 0 Å². The Bertz CT molecular complexity index is 508. The van der Waals surface area contributed by atoms with Crippen LogP contribution < -0.4 is 0 Å². The van der Waals surface area contributed by atoms with Crippen LogP contribution in [0, 0.1) is 10.8 Å². The van der Waals surface area contributed by atoms with E-state index in [0.29, 0.717) is 5.76 Å². The number of likely N-dealkylation sites (N-methyl/N-ethyl adjacent to an activating group) is 1. The van der Waals surface area contributed by atoms with Gasteiger partial charge in [0.1, 0.15) is 0 Å². The van der Waals surface area contributed by atoms with Crippen molar-refractivity contribution in [2.75, 3.05) is 27.8 Å². The summed E-state index contributed by atoms with van der Waals surface area (Å²) in [5.41, 5.74) is -0.181. The Morgan fingerprint density at radius 1 is 1.15 bits per heavy atom. The summed E-state index contributed by atoms with van der Waals surface area (Å²) < 4.78 is 11.3. The van der Waals surface area contributed by atoms with Crippen LogP contribution in [0.2, 0.25) is 0 Å². The molecule has 1 saturated carbocycles. The summed E-state index contributed by atoms with van der Waals surface area (Å²) in [6, 6.07) is 0. The molecule has 0 unspecified atom stereocenters. The fourth-order valence-corrected chi connectivity index (χ4v) is 5.31. The maximum atomic E-state index is 10.4. The minimum atomic E-state index is -0.216. The molecule has 1 N–H and O–H groups in total. The highest BCUT2D eigenvalue weighted by Crippen LogP contribution is 2.69. The lowest BCUT2D eigenvalue weighted by Crippen LogP contribution is -2.60.